The number of carbonyl (C=O) groups is 1. The van der Waals surface area contributed by atoms with E-state index in [1.807, 2.05) is 53.4 Å². The lowest BCUT2D eigenvalue weighted by Gasteiger charge is -2.33. The molecule has 25 heavy (non-hydrogen) atoms. The molecule has 1 fully saturated rings. The summed E-state index contributed by atoms with van der Waals surface area (Å²) in [5.41, 5.74) is 1.86. The van der Waals surface area contributed by atoms with E-state index in [-0.39, 0.29) is 11.9 Å². The highest BCUT2D eigenvalue weighted by molar-refractivity contribution is 5.92. The van der Waals surface area contributed by atoms with Gasteiger partial charge in [-0.3, -0.25) is 9.78 Å². The van der Waals surface area contributed by atoms with Crippen LogP contribution in [0.1, 0.15) is 18.2 Å². The zero-order valence-electron chi connectivity index (χ0n) is 14.4. The number of hydrogen-bond donors (Lipinski definition) is 1. The maximum Gasteiger partial charge on any atom is 0.246 e. The first-order chi connectivity index (χ1) is 12.2. The van der Waals surface area contributed by atoms with Gasteiger partial charge in [0.2, 0.25) is 5.91 Å². The molecule has 0 saturated carbocycles. The quantitative estimate of drug-likeness (QED) is 0.852. The summed E-state index contributed by atoms with van der Waals surface area (Å²) in [6, 6.07) is 13.7. The minimum absolute atomic E-state index is 0.0597. The van der Waals surface area contributed by atoms with Crippen LogP contribution >= 0.6 is 0 Å². The predicted octanol–water partition coefficient (Wildman–Crippen LogP) is 2.49. The maximum absolute atomic E-state index is 12.3. The fourth-order valence-corrected chi connectivity index (χ4v) is 2.75. The van der Waals surface area contributed by atoms with Gasteiger partial charge in [0.05, 0.1) is 5.69 Å². The van der Waals surface area contributed by atoms with Crippen LogP contribution in [-0.4, -0.2) is 41.5 Å². The normalized spacial score (nSPS) is 17.6. The predicted molar refractivity (Wildman–Crippen MR) is 98.1 cm³/mol. The van der Waals surface area contributed by atoms with Gasteiger partial charge in [0.1, 0.15) is 12.4 Å². The molecule has 5 heteroatoms. The van der Waals surface area contributed by atoms with Gasteiger partial charge in [0.15, 0.2) is 0 Å². The monoisotopic (exact) mass is 337 g/mol. The number of rotatable bonds is 5. The van der Waals surface area contributed by atoms with Crippen LogP contribution in [0.5, 0.6) is 5.75 Å². The topological polar surface area (TPSA) is 54.5 Å². The SMILES string of the molecule is CC1CNCCN1C(=O)C=Cc1ccc(OCc2ccccn2)cc1. The van der Waals surface area contributed by atoms with E-state index in [4.69, 9.17) is 4.74 Å². The zero-order valence-corrected chi connectivity index (χ0v) is 14.4. The van der Waals surface area contributed by atoms with Crippen LogP contribution in [0.2, 0.25) is 0 Å². The van der Waals surface area contributed by atoms with Crippen molar-refractivity contribution in [1.29, 1.82) is 0 Å². The van der Waals surface area contributed by atoms with E-state index in [1.165, 1.54) is 0 Å². The third-order valence-electron chi connectivity index (χ3n) is 4.20. The number of amides is 1. The summed E-state index contributed by atoms with van der Waals surface area (Å²) in [5.74, 6) is 0.842. The van der Waals surface area contributed by atoms with Crippen molar-refractivity contribution in [2.75, 3.05) is 19.6 Å². The Kier molecular flexibility index (Phi) is 5.80. The second kappa shape index (κ2) is 8.44. The first-order valence-electron chi connectivity index (χ1n) is 8.54. The Hall–Kier alpha value is -2.66. The molecule has 2 heterocycles. The lowest BCUT2D eigenvalue weighted by atomic mass is 10.2. The second-order valence-corrected chi connectivity index (χ2v) is 6.10. The average Bonchev–Trinajstić information content (AvgIpc) is 2.66. The Balaban J connectivity index is 1.54. The summed E-state index contributed by atoms with van der Waals surface area (Å²) >= 11 is 0. The maximum atomic E-state index is 12.3. The van der Waals surface area contributed by atoms with E-state index in [2.05, 4.69) is 17.2 Å². The van der Waals surface area contributed by atoms with E-state index >= 15 is 0 Å². The number of ether oxygens (including phenoxy) is 1. The van der Waals surface area contributed by atoms with Gasteiger partial charge in [0, 0.05) is 37.9 Å². The van der Waals surface area contributed by atoms with Gasteiger partial charge in [-0.15, -0.1) is 0 Å². The molecule has 2 aromatic rings. The number of aromatic nitrogens is 1. The molecule has 1 aliphatic heterocycles. The summed E-state index contributed by atoms with van der Waals surface area (Å²) in [6.45, 7) is 4.96. The summed E-state index contributed by atoms with van der Waals surface area (Å²) in [5, 5.41) is 3.29. The number of benzene rings is 1. The largest absolute Gasteiger partial charge is 0.487 e. The lowest BCUT2D eigenvalue weighted by molar-refractivity contribution is -0.128. The Morgan fingerprint density at radius 2 is 2.16 bits per heavy atom. The van der Waals surface area contributed by atoms with Gasteiger partial charge in [-0.2, -0.15) is 0 Å². The molecular weight excluding hydrogens is 314 g/mol. The van der Waals surface area contributed by atoms with Gasteiger partial charge in [-0.25, -0.2) is 0 Å². The van der Waals surface area contributed by atoms with E-state index < -0.39 is 0 Å². The molecule has 1 unspecified atom stereocenters. The molecule has 5 nitrogen and oxygen atoms in total. The molecule has 1 aromatic carbocycles. The first-order valence-corrected chi connectivity index (χ1v) is 8.54. The first kappa shape index (κ1) is 17.2. The third-order valence-corrected chi connectivity index (χ3v) is 4.20. The van der Waals surface area contributed by atoms with E-state index in [9.17, 15) is 4.79 Å². The molecule has 1 atom stereocenters. The molecule has 1 N–H and O–H groups in total. The molecule has 0 bridgehead atoms. The molecule has 1 aromatic heterocycles. The average molecular weight is 337 g/mol. The van der Waals surface area contributed by atoms with Crippen molar-refractivity contribution in [1.82, 2.24) is 15.2 Å². The van der Waals surface area contributed by atoms with Crippen molar-refractivity contribution >= 4 is 12.0 Å². The van der Waals surface area contributed by atoms with Gasteiger partial charge < -0.3 is 15.0 Å². The molecule has 0 aliphatic carbocycles. The summed E-state index contributed by atoms with van der Waals surface area (Å²) in [6.07, 6.45) is 5.24. The van der Waals surface area contributed by atoms with E-state index in [0.717, 1.165) is 36.6 Å². The molecular formula is C20H23N3O2. The molecule has 1 aliphatic rings. The Morgan fingerprint density at radius 3 is 2.88 bits per heavy atom. The summed E-state index contributed by atoms with van der Waals surface area (Å²) < 4.78 is 5.71. The minimum Gasteiger partial charge on any atom is -0.487 e. The van der Waals surface area contributed by atoms with Crippen LogP contribution in [0.3, 0.4) is 0 Å². The summed E-state index contributed by atoms with van der Waals surface area (Å²) in [7, 11) is 0. The number of nitrogens with zero attached hydrogens (tertiary/aromatic N) is 2. The van der Waals surface area contributed by atoms with Crippen molar-refractivity contribution in [3.8, 4) is 5.75 Å². The Bertz CT molecular complexity index is 713. The molecule has 0 spiro atoms. The van der Waals surface area contributed by atoms with Gasteiger partial charge >= 0.3 is 0 Å². The number of pyridine rings is 1. The zero-order chi connectivity index (χ0) is 17.5. The van der Waals surface area contributed by atoms with Crippen LogP contribution in [-0.2, 0) is 11.4 Å². The van der Waals surface area contributed by atoms with Gasteiger partial charge in [-0.1, -0.05) is 18.2 Å². The number of carbonyl (C=O) groups excluding carboxylic acids is 1. The van der Waals surface area contributed by atoms with Crippen LogP contribution in [0, 0.1) is 0 Å². The molecule has 1 amide bonds. The van der Waals surface area contributed by atoms with Gasteiger partial charge in [0.25, 0.3) is 0 Å². The highest BCUT2D eigenvalue weighted by atomic mass is 16.5. The van der Waals surface area contributed by atoms with E-state index in [1.54, 1.807) is 12.3 Å². The van der Waals surface area contributed by atoms with Crippen LogP contribution in [0.4, 0.5) is 0 Å². The molecule has 130 valence electrons. The van der Waals surface area contributed by atoms with E-state index in [0.29, 0.717) is 6.61 Å². The highest BCUT2D eigenvalue weighted by Gasteiger charge is 2.20. The van der Waals surface area contributed by atoms with Crippen LogP contribution in [0.15, 0.2) is 54.7 Å². The second-order valence-electron chi connectivity index (χ2n) is 6.10. The smallest absolute Gasteiger partial charge is 0.246 e. The fourth-order valence-electron chi connectivity index (χ4n) is 2.75. The lowest BCUT2D eigenvalue weighted by Crippen LogP contribution is -2.51. The van der Waals surface area contributed by atoms with Crippen molar-refractivity contribution in [3.05, 3.63) is 66.0 Å². The fraction of sp³-hybridized carbons (Fsp3) is 0.300. The van der Waals surface area contributed by atoms with Crippen molar-refractivity contribution in [3.63, 3.8) is 0 Å². The highest BCUT2D eigenvalue weighted by Crippen LogP contribution is 2.15. The molecule has 3 rings (SSSR count). The van der Waals surface area contributed by atoms with Crippen LogP contribution < -0.4 is 10.1 Å². The Morgan fingerprint density at radius 1 is 1.32 bits per heavy atom. The Labute approximate surface area is 148 Å². The number of hydrogen-bond acceptors (Lipinski definition) is 4. The minimum atomic E-state index is 0.0597. The van der Waals surface area contributed by atoms with Crippen LogP contribution in [0.25, 0.3) is 6.08 Å². The number of nitrogens with one attached hydrogen (secondary N) is 1. The van der Waals surface area contributed by atoms with Crippen molar-refractivity contribution in [2.45, 2.75) is 19.6 Å². The summed E-state index contributed by atoms with van der Waals surface area (Å²) in [4.78, 5) is 18.4. The van der Waals surface area contributed by atoms with Crippen molar-refractivity contribution < 1.29 is 9.53 Å². The third kappa shape index (κ3) is 4.90. The van der Waals surface area contributed by atoms with Gasteiger partial charge in [-0.05, 0) is 42.8 Å². The number of piperazine rings is 1. The van der Waals surface area contributed by atoms with Crippen molar-refractivity contribution in [2.24, 2.45) is 0 Å². The molecule has 1 saturated heterocycles. The molecule has 0 radical (unpaired) electrons. The standard InChI is InChI=1S/C20H23N3O2/c1-16-14-21-12-13-23(16)20(24)10-7-17-5-8-19(9-6-17)25-15-18-4-2-3-11-22-18/h2-11,16,21H,12-15H2,1H3.